The van der Waals surface area contributed by atoms with Gasteiger partial charge in [-0.25, -0.2) is 0 Å². The summed E-state index contributed by atoms with van der Waals surface area (Å²) in [6.07, 6.45) is 0. The van der Waals surface area contributed by atoms with Crippen LogP contribution in [0.1, 0.15) is 0 Å². The molecule has 264 valence electrons. The van der Waals surface area contributed by atoms with Crippen molar-refractivity contribution in [3.63, 3.8) is 0 Å². The third-order valence-corrected chi connectivity index (χ3v) is 11.9. The first kappa shape index (κ1) is 40.1. The summed E-state index contributed by atoms with van der Waals surface area (Å²) in [6.45, 7) is 0. The largest absolute Gasteiger partial charge is 4.00 e. The van der Waals surface area contributed by atoms with Gasteiger partial charge in [0.25, 0.3) is 0 Å². The summed E-state index contributed by atoms with van der Waals surface area (Å²) in [5.41, 5.74) is 10.3. The Morgan fingerprint density at radius 1 is 0.309 bits per heavy atom. The molecule has 0 radical (unpaired) electrons. The van der Waals surface area contributed by atoms with Crippen LogP contribution in [0.15, 0.2) is 206 Å². The van der Waals surface area contributed by atoms with E-state index in [4.69, 9.17) is 0 Å². The van der Waals surface area contributed by atoms with Gasteiger partial charge in [-0.2, -0.15) is 22.7 Å². The van der Waals surface area contributed by atoms with Gasteiger partial charge < -0.3 is 24.8 Å². The Morgan fingerprint density at radius 2 is 0.636 bits per heavy atom. The fourth-order valence-corrected chi connectivity index (χ4v) is 8.99. The van der Waals surface area contributed by atoms with Crippen molar-refractivity contribution < 1.29 is 51.0 Å². The topological polar surface area (TPSA) is 0 Å². The van der Waals surface area contributed by atoms with Crippen LogP contribution in [0, 0.1) is 0 Å². The summed E-state index contributed by atoms with van der Waals surface area (Å²) in [5, 5.41) is 5.25. The summed E-state index contributed by atoms with van der Waals surface area (Å²) in [6, 6.07) is 73.8. The van der Waals surface area contributed by atoms with Crippen molar-refractivity contribution in [2.75, 3.05) is 0 Å². The molecule has 8 aromatic carbocycles. The number of hydrogen-bond acceptors (Lipinski definition) is 2. The van der Waals surface area contributed by atoms with E-state index in [0.717, 1.165) is 0 Å². The predicted octanol–water partition coefficient (Wildman–Crippen LogP) is 9.25. The van der Waals surface area contributed by atoms with Crippen molar-refractivity contribution in [2.45, 2.75) is 0 Å². The summed E-state index contributed by atoms with van der Waals surface area (Å²) in [7, 11) is 0. The maximum Gasteiger partial charge on any atom is 4.00 e. The molecule has 0 unspecified atom stereocenters. The van der Waals surface area contributed by atoms with Gasteiger partial charge in [0.05, 0.1) is 0 Å². The molecule has 0 amide bonds. The van der Waals surface area contributed by atoms with Gasteiger partial charge >= 0.3 is 26.2 Å². The van der Waals surface area contributed by atoms with E-state index in [9.17, 15) is 0 Å². The SMILES string of the molecule is [Cl-].[Cl-].[Zr+4].c1ccc(-c2ccc(-c3cc4c(-c5ccccc5)cccc4[cH-]3)s2)cc1.c1ccc(-c2ccc(-c3cc4c(-c5ccccc5)cccc4[cH-]3)s2)cc1. The average Bonchev–Trinajstić information content (AvgIpc) is 4.05. The fourth-order valence-electron chi connectivity index (χ4n) is 6.99. The van der Waals surface area contributed by atoms with Gasteiger partial charge in [-0.15, -0.1) is 69.1 Å². The molecule has 10 rings (SSSR count). The number of rotatable bonds is 6. The molecule has 0 fully saturated rings. The molecule has 2 aromatic heterocycles. The van der Waals surface area contributed by atoms with Gasteiger partial charge in [0.15, 0.2) is 0 Å². The minimum absolute atomic E-state index is 0. The number of thiophene rings is 2. The second kappa shape index (κ2) is 18.4. The summed E-state index contributed by atoms with van der Waals surface area (Å²) in [4.78, 5) is 5.27. The Bertz CT molecular complexity index is 2530. The van der Waals surface area contributed by atoms with Crippen LogP contribution in [0.25, 0.3) is 85.6 Å². The van der Waals surface area contributed by atoms with E-state index in [1.165, 1.54) is 85.6 Å². The van der Waals surface area contributed by atoms with E-state index in [0.29, 0.717) is 0 Å². The molecule has 0 atom stereocenters. The molecular formula is C50H34Cl2S2Zr. The van der Waals surface area contributed by atoms with Crippen LogP contribution < -0.4 is 24.8 Å². The normalized spacial score (nSPS) is 10.5. The third-order valence-electron chi connectivity index (χ3n) is 9.57. The van der Waals surface area contributed by atoms with Crippen LogP contribution in [0.5, 0.6) is 0 Å². The number of fused-ring (bicyclic) bond motifs is 2. The Kier molecular flexibility index (Phi) is 13.4. The molecule has 55 heavy (non-hydrogen) atoms. The van der Waals surface area contributed by atoms with Crippen molar-refractivity contribution in [3.05, 3.63) is 206 Å². The van der Waals surface area contributed by atoms with E-state index in [1.54, 1.807) is 0 Å². The zero-order valence-electron chi connectivity index (χ0n) is 29.7. The van der Waals surface area contributed by atoms with Gasteiger partial charge in [0.1, 0.15) is 0 Å². The molecule has 0 saturated heterocycles. The van der Waals surface area contributed by atoms with Crippen LogP contribution in [-0.4, -0.2) is 0 Å². The van der Waals surface area contributed by atoms with Crippen molar-refractivity contribution in [3.8, 4) is 64.0 Å². The first-order valence-corrected chi connectivity index (χ1v) is 19.2. The number of hydrogen-bond donors (Lipinski definition) is 0. The van der Waals surface area contributed by atoms with E-state index < -0.39 is 0 Å². The summed E-state index contributed by atoms with van der Waals surface area (Å²) >= 11 is 3.71. The molecule has 0 bridgehead atoms. The Labute approximate surface area is 362 Å². The molecular weight excluding hydrogens is 827 g/mol. The van der Waals surface area contributed by atoms with E-state index >= 15 is 0 Å². The van der Waals surface area contributed by atoms with Crippen molar-refractivity contribution in [2.24, 2.45) is 0 Å². The predicted molar refractivity (Wildman–Crippen MR) is 227 cm³/mol. The molecule has 0 N–H and O–H groups in total. The standard InChI is InChI=1S/2C25H17S.2ClH.Zr/c2*1-3-8-18(9-4-1)22-13-7-12-20-16-21(17-23(20)22)25-15-14-24(26-25)19-10-5-2-6-11-19;;;/h2*1-17H;2*1H;/q2*-1;;;+4/p-2. The van der Waals surface area contributed by atoms with Crippen LogP contribution in [0.3, 0.4) is 0 Å². The molecule has 0 aliphatic rings. The van der Waals surface area contributed by atoms with E-state index in [2.05, 4.69) is 206 Å². The minimum atomic E-state index is 0. The van der Waals surface area contributed by atoms with Crippen molar-refractivity contribution in [1.29, 1.82) is 0 Å². The fraction of sp³-hybridized carbons (Fsp3) is 0. The van der Waals surface area contributed by atoms with Gasteiger partial charge in [0, 0.05) is 9.75 Å². The summed E-state index contributed by atoms with van der Waals surface area (Å²) < 4.78 is 0. The first-order valence-electron chi connectivity index (χ1n) is 17.6. The maximum atomic E-state index is 2.33. The average molecular weight is 861 g/mol. The Morgan fingerprint density at radius 3 is 1.00 bits per heavy atom. The maximum absolute atomic E-state index is 2.33. The van der Waals surface area contributed by atoms with Gasteiger partial charge in [0.2, 0.25) is 0 Å². The quantitative estimate of drug-likeness (QED) is 0.147. The van der Waals surface area contributed by atoms with E-state index in [-0.39, 0.29) is 51.0 Å². The first-order chi connectivity index (χ1) is 25.8. The van der Waals surface area contributed by atoms with Crippen LogP contribution in [0.4, 0.5) is 0 Å². The Hall–Kier alpha value is -4.60. The van der Waals surface area contributed by atoms with Gasteiger partial charge in [-0.1, -0.05) is 181 Å². The second-order valence-corrected chi connectivity index (χ2v) is 15.1. The molecule has 0 aliphatic heterocycles. The zero-order chi connectivity index (χ0) is 34.7. The van der Waals surface area contributed by atoms with Crippen LogP contribution in [0.2, 0.25) is 0 Å². The molecule has 0 spiro atoms. The second-order valence-electron chi connectivity index (χ2n) is 12.9. The molecule has 5 heteroatoms. The molecule has 0 saturated carbocycles. The van der Waals surface area contributed by atoms with Crippen molar-refractivity contribution >= 4 is 44.2 Å². The molecule has 10 aromatic rings. The Balaban J connectivity index is 0.000000177. The zero-order valence-corrected chi connectivity index (χ0v) is 35.3. The number of halogens is 2. The van der Waals surface area contributed by atoms with E-state index in [1.807, 2.05) is 22.7 Å². The van der Waals surface area contributed by atoms with Crippen LogP contribution >= 0.6 is 22.7 Å². The van der Waals surface area contributed by atoms with Crippen LogP contribution in [-0.2, 0) is 26.2 Å². The smallest absolute Gasteiger partial charge is 1.00 e. The molecule has 0 aliphatic carbocycles. The van der Waals surface area contributed by atoms with Crippen molar-refractivity contribution in [1.82, 2.24) is 0 Å². The van der Waals surface area contributed by atoms with Gasteiger partial charge in [-0.3, -0.25) is 0 Å². The monoisotopic (exact) mass is 858 g/mol. The molecule has 2 heterocycles. The number of benzene rings is 6. The molecule has 0 nitrogen and oxygen atoms in total. The summed E-state index contributed by atoms with van der Waals surface area (Å²) in [5.74, 6) is 0. The third kappa shape index (κ3) is 8.63. The van der Waals surface area contributed by atoms with Gasteiger partial charge in [-0.05, 0) is 32.0 Å². The minimum Gasteiger partial charge on any atom is -1.00 e.